The van der Waals surface area contributed by atoms with Crippen LogP contribution < -0.4 is 5.32 Å². The second kappa shape index (κ2) is 4.04. The van der Waals surface area contributed by atoms with Crippen LogP contribution in [0.25, 0.3) is 0 Å². The summed E-state index contributed by atoms with van der Waals surface area (Å²) in [7, 11) is 0. The third kappa shape index (κ3) is 2.45. The molecular weight excluding hydrogens is 204 g/mol. The molecule has 0 aromatic heterocycles. The zero-order chi connectivity index (χ0) is 11.8. The summed E-state index contributed by atoms with van der Waals surface area (Å²) in [5.74, 6) is -1.33. The van der Waals surface area contributed by atoms with E-state index in [1.54, 1.807) is 13.8 Å². The van der Waals surface area contributed by atoms with E-state index in [0.29, 0.717) is 0 Å². The van der Waals surface area contributed by atoms with E-state index < -0.39 is 18.1 Å². The monoisotopic (exact) mass is 221 g/mol. The van der Waals surface area contributed by atoms with Crippen LogP contribution >= 0.6 is 0 Å². The number of hydrogen-bond donors (Lipinski definition) is 1. The minimum Gasteiger partial charge on any atom is -0.343 e. The fourth-order valence-electron chi connectivity index (χ4n) is 1.71. The lowest BCUT2D eigenvalue weighted by molar-refractivity contribution is -0.277. The highest BCUT2D eigenvalue weighted by atomic mass is 19.3. The standard InChI is InChI=1S/C10H17F2NO2/c1-5(2)7-8(6(3)4)15-10(11,12)9(14)13-7/h5-8H,1-4H3,(H,13,14). The Bertz CT molecular complexity index is 254. The van der Waals surface area contributed by atoms with E-state index in [-0.39, 0.29) is 17.9 Å². The molecule has 0 aromatic carbocycles. The molecule has 0 radical (unpaired) electrons. The van der Waals surface area contributed by atoms with E-state index in [0.717, 1.165) is 0 Å². The Balaban J connectivity index is 2.87. The summed E-state index contributed by atoms with van der Waals surface area (Å²) in [5, 5.41) is 2.32. The molecule has 1 N–H and O–H groups in total. The fourth-order valence-corrected chi connectivity index (χ4v) is 1.71. The number of rotatable bonds is 2. The number of halogens is 2. The van der Waals surface area contributed by atoms with Crippen molar-refractivity contribution in [1.82, 2.24) is 5.32 Å². The molecule has 1 aliphatic heterocycles. The summed E-state index contributed by atoms with van der Waals surface area (Å²) in [6.45, 7) is 7.33. The molecule has 0 aromatic rings. The van der Waals surface area contributed by atoms with Crippen molar-refractivity contribution in [3.05, 3.63) is 0 Å². The predicted molar refractivity (Wildman–Crippen MR) is 51.4 cm³/mol. The minimum absolute atomic E-state index is 0.0659. The van der Waals surface area contributed by atoms with Crippen LogP contribution in [0.15, 0.2) is 0 Å². The van der Waals surface area contributed by atoms with Crippen molar-refractivity contribution >= 4 is 5.91 Å². The lowest BCUT2D eigenvalue weighted by Gasteiger charge is -2.40. The van der Waals surface area contributed by atoms with E-state index in [1.165, 1.54) is 0 Å². The first-order chi connectivity index (χ1) is 6.75. The van der Waals surface area contributed by atoms with Crippen LogP contribution in [0.5, 0.6) is 0 Å². The van der Waals surface area contributed by atoms with Crippen LogP contribution in [0.2, 0.25) is 0 Å². The van der Waals surface area contributed by atoms with Gasteiger partial charge in [0.25, 0.3) is 0 Å². The first kappa shape index (κ1) is 12.4. The van der Waals surface area contributed by atoms with Crippen LogP contribution in [0.1, 0.15) is 27.7 Å². The van der Waals surface area contributed by atoms with E-state index in [1.807, 2.05) is 13.8 Å². The molecule has 1 aliphatic rings. The number of hydrogen-bond acceptors (Lipinski definition) is 2. The van der Waals surface area contributed by atoms with Crippen molar-refractivity contribution in [1.29, 1.82) is 0 Å². The van der Waals surface area contributed by atoms with Crippen molar-refractivity contribution in [2.24, 2.45) is 11.8 Å². The molecule has 1 amide bonds. The smallest absolute Gasteiger partial charge is 0.343 e. The molecule has 5 heteroatoms. The SMILES string of the molecule is CC(C)C1NC(=O)C(F)(F)OC1C(C)C. The average Bonchev–Trinajstić information content (AvgIpc) is 2.08. The molecule has 1 fully saturated rings. The van der Waals surface area contributed by atoms with Gasteiger partial charge in [-0.25, -0.2) is 0 Å². The molecule has 1 saturated heterocycles. The highest BCUT2D eigenvalue weighted by Crippen LogP contribution is 2.30. The number of nitrogens with one attached hydrogen (secondary N) is 1. The van der Waals surface area contributed by atoms with Crippen molar-refractivity contribution in [2.45, 2.75) is 45.9 Å². The Labute approximate surface area is 88.2 Å². The normalized spacial score (nSPS) is 30.8. The first-order valence-corrected chi connectivity index (χ1v) is 5.12. The van der Waals surface area contributed by atoms with Crippen molar-refractivity contribution < 1.29 is 18.3 Å². The Morgan fingerprint density at radius 2 is 1.80 bits per heavy atom. The number of alkyl halides is 2. The Morgan fingerprint density at radius 1 is 1.27 bits per heavy atom. The Hall–Kier alpha value is -0.710. The van der Waals surface area contributed by atoms with Gasteiger partial charge >= 0.3 is 12.0 Å². The number of morpholine rings is 1. The van der Waals surface area contributed by atoms with E-state index in [9.17, 15) is 13.6 Å². The van der Waals surface area contributed by atoms with E-state index in [4.69, 9.17) is 0 Å². The molecule has 0 bridgehead atoms. The maximum Gasteiger partial charge on any atom is 0.436 e. The second-order valence-electron chi connectivity index (χ2n) is 4.59. The lowest BCUT2D eigenvalue weighted by Crippen LogP contribution is -2.62. The zero-order valence-electron chi connectivity index (χ0n) is 9.38. The average molecular weight is 221 g/mol. The van der Waals surface area contributed by atoms with Crippen LogP contribution in [0.3, 0.4) is 0 Å². The minimum atomic E-state index is -3.69. The van der Waals surface area contributed by atoms with Gasteiger partial charge in [0, 0.05) is 0 Å². The van der Waals surface area contributed by atoms with Gasteiger partial charge < -0.3 is 10.1 Å². The maximum atomic E-state index is 13.0. The van der Waals surface area contributed by atoms with Gasteiger partial charge in [-0.15, -0.1) is 0 Å². The quantitative estimate of drug-likeness (QED) is 0.771. The number of ether oxygens (including phenoxy) is 1. The number of carbonyl (C=O) groups excluding carboxylic acids is 1. The van der Waals surface area contributed by atoms with Gasteiger partial charge in [0.2, 0.25) is 0 Å². The Morgan fingerprint density at radius 3 is 2.20 bits per heavy atom. The van der Waals surface area contributed by atoms with Gasteiger partial charge in [-0.2, -0.15) is 8.78 Å². The molecule has 3 nitrogen and oxygen atoms in total. The zero-order valence-corrected chi connectivity index (χ0v) is 9.38. The van der Waals surface area contributed by atoms with Crippen LogP contribution in [-0.4, -0.2) is 24.2 Å². The molecule has 0 spiro atoms. The highest BCUT2D eigenvalue weighted by Gasteiger charge is 2.51. The third-order valence-electron chi connectivity index (χ3n) is 2.58. The molecule has 15 heavy (non-hydrogen) atoms. The van der Waals surface area contributed by atoms with E-state index >= 15 is 0 Å². The van der Waals surface area contributed by atoms with Gasteiger partial charge in [0.05, 0.1) is 12.1 Å². The number of amides is 1. The maximum absolute atomic E-state index is 13.0. The molecule has 0 saturated carbocycles. The lowest BCUT2D eigenvalue weighted by atomic mass is 9.90. The van der Waals surface area contributed by atoms with Gasteiger partial charge in [-0.3, -0.25) is 4.79 Å². The molecule has 2 unspecified atom stereocenters. The highest BCUT2D eigenvalue weighted by molar-refractivity contribution is 5.83. The molecule has 1 rings (SSSR count). The van der Waals surface area contributed by atoms with Crippen LogP contribution in [0, 0.1) is 11.8 Å². The largest absolute Gasteiger partial charge is 0.436 e. The summed E-state index contributed by atoms with van der Waals surface area (Å²) in [5.41, 5.74) is 0. The molecule has 2 atom stereocenters. The molecule has 0 aliphatic carbocycles. The second-order valence-corrected chi connectivity index (χ2v) is 4.59. The molecule has 1 heterocycles. The summed E-state index contributed by atoms with van der Waals surface area (Å²) in [6, 6.07) is -0.350. The van der Waals surface area contributed by atoms with Crippen molar-refractivity contribution in [3.8, 4) is 0 Å². The van der Waals surface area contributed by atoms with Crippen LogP contribution in [0.4, 0.5) is 8.78 Å². The topological polar surface area (TPSA) is 38.3 Å². The summed E-state index contributed by atoms with van der Waals surface area (Å²) >= 11 is 0. The van der Waals surface area contributed by atoms with Crippen molar-refractivity contribution in [2.75, 3.05) is 0 Å². The van der Waals surface area contributed by atoms with Crippen LogP contribution in [-0.2, 0) is 9.53 Å². The predicted octanol–water partition coefficient (Wildman–Crippen LogP) is 1.77. The summed E-state index contributed by atoms with van der Waals surface area (Å²) in [4.78, 5) is 11.0. The third-order valence-corrected chi connectivity index (χ3v) is 2.58. The van der Waals surface area contributed by atoms with Crippen molar-refractivity contribution in [3.63, 3.8) is 0 Å². The summed E-state index contributed by atoms with van der Waals surface area (Å²) < 4.78 is 30.6. The number of carbonyl (C=O) groups is 1. The molecule has 88 valence electrons. The summed E-state index contributed by atoms with van der Waals surface area (Å²) in [6.07, 6.45) is -4.34. The van der Waals surface area contributed by atoms with Gasteiger partial charge in [0.15, 0.2) is 0 Å². The van der Waals surface area contributed by atoms with E-state index in [2.05, 4.69) is 10.1 Å². The first-order valence-electron chi connectivity index (χ1n) is 5.12. The van der Waals surface area contributed by atoms with Gasteiger partial charge in [-0.05, 0) is 11.8 Å². The Kier molecular flexibility index (Phi) is 3.33. The molecular formula is C10H17F2NO2. The van der Waals surface area contributed by atoms with Gasteiger partial charge in [-0.1, -0.05) is 27.7 Å². The van der Waals surface area contributed by atoms with Gasteiger partial charge in [0.1, 0.15) is 0 Å². The fraction of sp³-hybridized carbons (Fsp3) is 0.900.